The molecule has 2 heterocycles. The van der Waals surface area contributed by atoms with Crippen LogP contribution in [0, 0.1) is 0 Å². The second kappa shape index (κ2) is 8.11. The summed E-state index contributed by atoms with van der Waals surface area (Å²) in [5, 5.41) is 1.09. The Labute approximate surface area is 171 Å². The number of amides is 2. The minimum Gasteiger partial charge on any atom is -0.337 e. The maximum absolute atomic E-state index is 13.2. The highest BCUT2D eigenvalue weighted by atomic mass is 16.2. The SMILES string of the molecule is CCc1ccc(C(=O)N2CCN(C(=O)c3cc4ccccc4n3CC)CC2)cc1. The third-order valence-corrected chi connectivity index (χ3v) is 5.81. The standard InChI is InChI=1S/C24H27N3O2/c1-3-18-9-11-19(12-10-18)23(28)25-13-15-26(16-14-25)24(29)22-17-20-7-5-6-8-21(20)27(22)4-2/h5-12,17H,3-4,13-16H2,1-2H3. The fraction of sp³-hybridized carbons (Fsp3) is 0.333. The Bertz CT molecular complexity index is 1030. The number of aryl methyl sites for hydroxylation is 2. The summed E-state index contributed by atoms with van der Waals surface area (Å²) in [6.45, 7) is 7.15. The molecule has 29 heavy (non-hydrogen) atoms. The van der Waals surface area contributed by atoms with Gasteiger partial charge in [-0.2, -0.15) is 0 Å². The van der Waals surface area contributed by atoms with Crippen LogP contribution in [0.25, 0.3) is 10.9 Å². The fourth-order valence-corrected chi connectivity index (χ4v) is 4.07. The van der Waals surface area contributed by atoms with E-state index in [1.165, 1.54) is 5.56 Å². The molecule has 0 spiro atoms. The first kappa shape index (κ1) is 19.2. The summed E-state index contributed by atoms with van der Waals surface area (Å²) in [5.41, 5.74) is 3.75. The molecule has 0 saturated carbocycles. The largest absolute Gasteiger partial charge is 0.337 e. The van der Waals surface area contributed by atoms with Gasteiger partial charge < -0.3 is 14.4 Å². The third-order valence-electron chi connectivity index (χ3n) is 5.81. The average Bonchev–Trinajstić information content (AvgIpc) is 3.17. The molecular formula is C24H27N3O2. The molecule has 2 amide bonds. The molecule has 1 aliphatic heterocycles. The second-order valence-electron chi connectivity index (χ2n) is 7.47. The predicted molar refractivity (Wildman–Crippen MR) is 115 cm³/mol. The van der Waals surface area contributed by atoms with Crippen molar-refractivity contribution in [2.75, 3.05) is 26.2 Å². The summed E-state index contributed by atoms with van der Waals surface area (Å²) >= 11 is 0. The Morgan fingerprint density at radius 1 is 0.828 bits per heavy atom. The van der Waals surface area contributed by atoms with Crippen LogP contribution in [0.15, 0.2) is 54.6 Å². The zero-order chi connectivity index (χ0) is 20.4. The van der Waals surface area contributed by atoms with Gasteiger partial charge in [0.05, 0.1) is 0 Å². The van der Waals surface area contributed by atoms with Crippen LogP contribution in [0.4, 0.5) is 0 Å². The molecule has 0 N–H and O–H groups in total. The smallest absolute Gasteiger partial charge is 0.270 e. The van der Waals surface area contributed by atoms with Crippen molar-refractivity contribution in [3.05, 3.63) is 71.4 Å². The predicted octanol–water partition coefficient (Wildman–Crippen LogP) is 3.82. The number of fused-ring (bicyclic) bond motifs is 1. The summed E-state index contributed by atoms with van der Waals surface area (Å²) in [7, 11) is 0. The lowest BCUT2D eigenvalue weighted by molar-refractivity contribution is 0.0530. The number of piperazine rings is 1. The minimum absolute atomic E-state index is 0.0439. The summed E-state index contributed by atoms with van der Waals surface area (Å²) in [4.78, 5) is 29.7. The highest BCUT2D eigenvalue weighted by molar-refractivity contribution is 5.99. The Hall–Kier alpha value is -3.08. The Kier molecular flexibility index (Phi) is 5.38. The van der Waals surface area contributed by atoms with E-state index in [1.54, 1.807) is 0 Å². The van der Waals surface area contributed by atoms with Gasteiger partial charge in [0, 0.05) is 49.2 Å². The Morgan fingerprint density at radius 3 is 2.07 bits per heavy atom. The lowest BCUT2D eigenvalue weighted by Crippen LogP contribution is -2.50. The molecule has 1 fully saturated rings. The van der Waals surface area contributed by atoms with E-state index < -0.39 is 0 Å². The van der Waals surface area contributed by atoms with Crippen LogP contribution in [-0.4, -0.2) is 52.4 Å². The van der Waals surface area contributed by atoms with E-state index in [1.807, 2.05) is 58.3 Å². The van der Waals surface area contributed by atoms with Gasteiger partial charge in [0.1, 0.15) is 5.69 Å². The van der Waals surface area contributed by atoms with Gasteiger partial charge in [-0.25, -0.2) is 0 Å². The highest BCUT2D eigenvalue weighted by Crippen LogP contribution is 2.22. The van der Waals surface area contributed by atoms with Gasteiger partial charge in [-0.3, -0.25) is 9.59 Å². The molecule has 0 atom stereocenters. The summed E-state index contributed by atoms with van der Waals surface area (Å²) in [6, 6.07) is 17.9. The number of hydrogen-bond acceptors (Lipinski definition) is 2. The first-order valence-electron chi connectivity index (χ1n) is 10.4. The molecular weight excluding hydrogens is 362 g/mol. The number of hydrogen-bond donors (Lipinski definition) is 0. The van der Waals surface area contributed by atoms with E-state index in [4.69, 9.17) is 0 Å². The summed E-state index contributed by atoms with van der Waals surface area (Å²) in [5.74, 6) is 0.0878. The van der Waals surface area contributed by atoms with Crippen LogP contribution < -0.4 is 0 Å². The number of para-hydroxylation sites is 1. The van der Waals surface area contributed by atoms with Gasteiger partial charge in [-0.15, -0.1) is 0 Å². The zero-order valence-electron chi connectivity index (χ0n) is 17.1. The Balaban J connectivity index is 1.45. The zero-order valence-corrected chi connectivity index (χ0v) is 17.1. The van der Waals surface area contributed by atoms with Crippen molar-refractivity contribution in [3.63, 3.8) is 0 Å². The van der Waals surface area contributed by atoms with Crippen LogP contribution in [-0.2, 0) is 13.0 Å². The number of rotatable bonds is 4. The van der Waals surface area contributed by atoms with Crippen LogP contribution in [0.1, 0.15) is 40.3 Å². The molecule has 4 rings (SSSR count). The molecule has 2 aromatic carbocycles. The Morgan fingerprint density at radius 2 is 1.45 bits per heavy atom. The van der Waals surface area contributed by atoms with Crippen molar-refractivity contribution < 1.29 is 9.59 Å². The van der Waals surface area contributed by atoms with Gasteiger partial charge in [0.2, 0.25) is 0 Å². The third kappa shape index (κ3) is 3.65. The number of nitrogens with zero attached hydrogens (tertiary/aromatic N) is 3. The molecule has 0 unspecified atom stereocenters. The number of aromatic nitrogens is 1. The van der Waals surface area contributed by atoms with Crippen molar-refractivity contribution in [2.24, 2.45) is 0 Å². The second-order valence-corrected chi connectivity index (χ2v) is 7.47. The van der Waals surface area contributed by atoms with Gasteiger partial charge in [-0.05, 0) is 43.2 Å². The van der Waals surface area contributed by atoms with Gasteiger partial charge in [0.15, 0.2) is 0 Å². The summed E-state index contributed by atoms with van der Waals surface area (Å²) in [6.07, 6.45) is 0.962. The molecule has 5 heteroatoms. The average molecular weight is 389 g/mol. The van der Waals surface area contributed by atoms with E-state index in [-0.39, 0.29) is 11.8 Å². The molecule has 0 aliphatic carbocycles. The monoisotopic (exact) mass is 389 g/mol. The van der Waals surface area contributed by atoms with Crippen molar-refractivity contribution in [3.8, 4) is 0 Å². The lowest BCUT2D eigenvalue weighted by Gasteiger charge is -2.35. The number of carbonyl (C=O) groups is 2. The van der Waals surface area contributed by atoms with Crippen molar-refractivity contribution >= 4 is 22.7 Å². The van der Waals surface area contributed by atoms with E-state index in [0.29, 0.717) is 31.7 Å². The van der Waals surface area contributed by atoms with E-state index >= 15 is 0 Å². The van der Waals surface area contributed by atoms with Crippen molar-refractivity contribution in [1.29, 1.82) is 0 Å². The van der Waals surface area contributed by atoms with Gasteiger partial charge >= 0.3 is 0 Å². The van der Waals surface area contributed by atoms with Crippen molar-refractivity contribution in [2.45, 2.75) is 26.8 Å². The van der Waals surface area contributed by atoms with E-state index in [0.717, 1.165) is 29.6 Å². The number of carbonyl (C=O) groups excluding carboxylic acids is 2. The molecule has 1 aromatic heterocycles. The topological polar surface area (TPSA) is 45.6 Å². The maximum atomic E-state index is 13.2. The summed E-state index contributed by atoms with van der Waals surface area (Å²) < 4.78 is 2.07. The van der Waals surface area contributed by atoms with Gasteiger partial charge in [-0.1, -0.05) is 37.3 Å². The normalized spacial score (nSPS) is 14.4. The van der Waals surface area contributed by atoms with E-state index in [2.05, 4.69) is 24.5 Å². The van der Waals surface area contributed by atoms with Crippen LogP contribution in [0.3, 0.4) is 0 Å². The maximum Gasteiger partial charge on any atom is 0.270 e. The molecule has 0 bridgehead atoms. The molecule has 0 radical (unpaired) electrons. The van der Waals surface area contributed by atoms with Gasteiger partial charge in [0.25, 0.3) is 11.8 Å². The van der Waals surface area contributed by atoms with E-state index in [9.17, 15) is 9.59 Å². The minimum atomic E-state index is 0.0439. The lowest BCUT2D eigenvalue weighted by atomic mass is 10.1. The van der Waals surface area contributed by atoms with Crippen LogP contribution in [0.2, 0.25) is 0 Å². The molecule has 5 nitrogen and oxygen atoms in total. The first-order valence-corrected chi connectivity index (χ1v) is 10.4. The van der Waals surface area contributed by atoms with Crippen molar-refractivity contribution in [1.82, 2.24) is 14.4 Å². The fourth-order valence-electron chi connectivity index (χ4n) is 4.07. The highest BCUT2D eigenvalue weighted by Gasteiger charge is 2.27. The quantitative estimate of drug-likeness (QED) is 0.681. The van der Waals surface area contributed by atoms with Crippen LogP contribution >= 0.6 is 0 Å². The molecule has 1 aliphatic rings. The molecule has 1 saturated heterocycles. The molecule has 150 valence electrons. The molecule has 3 aromatic rings. The number of benzene rings is 2. The first-order chi connectivity index (χ1) is 14.1. The van der Waals surface area contributed by atoms with Crippen LogP contribution in [0.5, 0.6) is 0 Å².